The molecule has 0 aliphatic rings. The molecule has 0 fully saturated rings. The SMILES string of the molecule is Cc1cccc(NC(=O)[C@H](C)SCc2cc(C)on2)c1. The van der Waals surface area contributed by atoms with Crippen LogP contribution in [0.3, 0.4) is 0 Å². The third kappa shape index (κ3) is 4.13. The molecule has 1 N–H and O–H groups in total. The predicted octanol–water partition coefficient (Wildman–Crippen LogP) is 3.55. The second-order valence-corrected chi connectivity index (χ2v) is 6.07. The van der Waals surface area contributed by atoms with Crippen LogP contribution in [0.5, 0.6) is 0 Å². The fourth-order valence-corrected chi connectivity index (χ4v) is 2.51. The minimum atomic E-state index is -0.146. The van der Waals surface area contributed by atoms with Gasteiger partial charge in [0.2, 0.25) is 5.91 Å². The van der Waals surface area contributed by atoms with Gasteiger partial charge in [-0.1, -0.05) is 17.3 Å². The van der Waals surface area contributed by atoms with Crippen molar-refractivity contribution in [3.63, 3.8) is 0 Å². The molecule has 1 aromatic carbocycles. The van der Waals surface area contributed by atoms with Gasteiger partial charge in [0.05, 0.1) is 10.9 Å². The number of hydrogen-bond donors (Lipinski definition) is 1. The molecule has 2 aromatic rings. The van der Waals surface area contributed by atoms with Crippen molar-refractivity contribution in [2.24, 2.45) is 0 Å². The van der Waals surface area contributed by atoms with Crippen LogP contribution in [-0.4, -0.2) is 16.3 Å². The number of aromatic nitrogens is 1. The molecule has 1 amide bonds. The number of rotatable bonds is 5. The summed E-state index contributed by atoms with van der Waals surface area (Å²) in [6.07, 6.45) is 0. The zero-order valence-electron chi connectivity index (χ0n) is 11.8. The number of nitrogens with zero attached hydrogens (tertiary/aromatic N) is 1. The van der Waals surface area contributed by atoms with Crippen LogP contribution in [0, 0.1) is 13.8 Å². The van der Waals surface area contributed by atoms with Crippen molar-refractivity contribution in [3.05, 3.63) is 47.3 Å². The summed E-state index contributed by atoms with van der Waals surface area (Å²) in [5, 5.41) is 6.69. The van der Waals surface area contributed by atoms with Crippen LogP contribution in [0.1, 0.15) is 23.9 Å². The summed E-state index contributed by atoms with van der Waals surface area (Å²) >= 11 is 1.54. The Kier molecular flexibility index (Phi) is 4.84. The molecule has 106 valence electrons. The van der Waals surface area contributed by atoms with Gasteiger partial charge in [-0.15, -0.1) is 11.8 Å². The molecule has 0 spiro atoms. The van der Waals surface area contributed by atoms with Crippen molar-refractivity contribution < 1.29 is 9.32 Å². The highest BCUT2D eigenvalue weighted by molar-refractivity contribution is 7.99. The fraction of sp³-hybridized carbons (Fsp3) is 0.333. The van der Waals surface area contributed by atoms with Crippen LogP contribution in [0.15, 0.2) is 34.9 Å². The number of carbonyl (C=O) groups excluding carboxylic acids is 1. The maximum atomic E-state index is 12.1. The number of anilines is 1. The molecule has 5 heteroatoms. The molecule has 1 atom stereocenters. The molecule has 0 saturated heterocycles. The van der Waals surface area contributed by atoms with Gasteiger partial charge in [0, 0.05) is 17.5 Å². The van der Waals surface area contributed by atoms with Crippen molar-refractivity contribution in [3.8, 4) is 0 Å². The van der Waals surface area contributed by atoms with Crippen molar-refractivity contribution in [1.82, 2.24) is 5.16 Å². The smallest absolute Gasteiger partial charge is 0.237 e. The molecule has 0 saturated carbocycles. The standard InChI is InChI=1S/C15H18N2O2S/c1-10-5-4-6-13(7-10)16-15(18)12(3)20-9-14-8-11(2)19-17-14/h4-8,12H,9H2,1-3H3,(H,16,18)/t12-/m0/s1. The Morgan fingerprint density at radius 1 is 1.40 bits per heavy atom. The number of benzene rings is 1. The Balaban J connectivity index is 1.85. The van der Waals surface area contributed by atoms with E-state index in [1.165, 1.54) is 11.8 Å². The first kappa shape index (κ1) is 14.7. The van der Waals surface area contributed by atoms with E-state index in [1.807, 2.05) is 51.1 Å². The monoisotopic (exact) mass is 290 g/mol. The average Bonchev–Trinajstić information content (AvgIpc) is 2.81. The molecule has 0 radical (unpaired) electrons. The Hall–Kier alpha value is -1.75. The van der Waals surface area contributed by atoms with Gasteiger partial charge in [-0.25, -0.2) is 0 Å². The van der Waals surface area contributed by atoms with Gasteiger partial charge in [0.1, 0.15) is 5.76 Å². The number of carbonyl (C=O) groups is 1. The first-order chi connectivity index (χ1) is 9.54. The van der Waals surface area contributed by atoms with Gasteiger partial charge < -0.3 is 9.84 Å². The Labute approximate surface area is 122 Å². The predicted molar refractivity (Wildman–Crippen MR) is 81.8 cm³/mol. The van der Waals surface area contributed by atoms with Crippen LogP contribution in [-0.2, 0) is 10.5 Å². The van der Waals surface area contributed by atoms with Crippen molar-refractivity contribution >= 4 is 23.4 Å². The summed E-state index contributed by atoms with van der Waals surface area (Å²) < 4.78 is 5.00. The first-order valence-electron chi connectivity index (χ1n) is 6.46. The van der Waals surface area contributed by atoms with E-state index < -0.39 is 0 Å². The van der Waals surface area contributed by atoms with Crippen molar-refractivity contribution in [2.75, 3.05) is 5.32 Å². The van der Waals surface area contributed by atoms with E-state index in [0.717, 1.165) is 22.7 Å². The van der Waals surface area contributed by atoms with Crippen molar-refractivity contribution in [2.45, 2.75) is 31.8 Å². The number of amides is 1. The van der Waals surface area contributed by atoms with Gasteiger partial charge in [-0.05, 0) is 38.5 Å². The van der Waals surface area contributed by atoms with E-state index in [4.69, 9.17) is 4.52 Å². The van der Waals surface area contributed by atoms with Gasteiger partial charge in [-0.3, -0.25) is 4.79 Å². The van der Waals surface area contributed by atoms with Gasteiger partial charge in [-0.2, -0.15) is 0 Å². The number of hydrogen-bond acceptors (Lipinski definition) is 4. The van der Waals surface area contributed by atoms with E-state index in [0.29, 0.717) is 5.75 Å². The van der Waals surface area contributed by atoms with E-state index in [2.05, 4.69) is 10.5 Å². The summed E-state index contributed by atoms with van der Waals surface area (Å²) in [5.74, 6) is 1.46. The lowest BCUT2D eigenvalue weighted by Crippen LogP contribution is -2.22. The minimum Gasteiger partial charge on any atom is -0.361 e. The van der Waals surface area contributed by atoms with E-state index in [-0.39, 0.29) is 11.2 Å². The summed E-state index contributed by atoms with van der Waals surface area (Å²) in [6.45, 7) is 5.75. The maximum Gasteiger partial charge on any atom is 0.237 e. The van der Waals surface area contributed by atoms with Gasteiger partial charge >= 0.3 is 0 Å². The lowest BCUT2D eigenvalue weighted by molar-refractivity contribution is -0.115. The molecule has 0 unspecified atom stereocenters. The molecule has 0 aliphatic heterocycles. The summed E-state index contributed by atoms with van der Waals surface area (Å²) in [5.41, 5.74) is 2.82. The molecule has 20 heavy (non-hydrogen) atoms. The van der Waals surface area contributed by atoms with Crippen LogP contribution in [0.4, 0.5) is 5.69 Å². The number of nitrogens with one attached hydrogen (secondary N) is 1. The number of aryl methyl sites for hydroxylation is 2. The van der Waals surface area contributed by atoms with Crippen LogP contribution < -0.4 is 5.32 Å². The van der Waals surface area contributed by atoms with Gasteiger partial charge in [0.25, 0.3) is 0 Å². The summed E-state index contributed by atoms with van der Waals surface area (Å²) in [6, 6.07) is 9.67. The Morgan fingerprint density at radius 2 is 2.20 bits per heavy atom. The van der Waals surface area contributed by atoms with Crippen molar-refractivity contribution in [1.29, 1.82) is 0 Å². The van der Waals surface area contributed by atoms with Crippen LogP contribution in [0.25, 0.3) is 0 Å². The van der Waals surface area contributed by atoms with E-state index in [1.54, 1.807) is 0 Å². The largest absolute Gasteiger partial charge is 0.361 e. The minimum absolute atomic E-state index is 0.000756. The maximum absolute atomic E-state index is 12.1. The fourth-order valence-electron chi connectivity index (χ4n) is 1.74. The molecular weight excluding hydrogens is 272 g/mol. The van der Waals surface area contributed by atoms with Crippen LogP contribution in [0.2, 0.25) is 0 Å². The average molecular weight is 290 g/mol. The highest BCUT2D eigenvalue weighted by Gasteiger charge is 2.14. The third-order valence-corrected chi connectivity index (χ3v) is 3.99. The molecule has 2 rings (SSSR count). The molecule has 0 bridgehead atoms. The Bertz CT molecular complexity index is 595. The quantitative estimate of drug-likeness (QED) is 0.915. The normalized spacial score (nSPS) is 12.2. The molecular formula is C15H18N2O2S. The summed E-state index contributed by atoms with van der Waals surface area (Å²) in [7, 11) is 0. The lowest BCUT2D eigenvalue weighted by atomic mass is 10.2. The molecule has 1 aromatic heterocycles. The lowest BCUT2D eigenvalue weighted by Gasteiger charge is -2.11. The van der Waals surface area contributed by atoms with E-state index >= 15 is 0 Å². The highest BCUT2D eigenvalue weighted by atomic mass is 32.2. The topological polar surface area (TPSA) is 55.1 Å². The third-order valence-electron chi connectivity index (χ3n) is 2.81. The first-order valence-corrected chi connectivity index (χ1v) is 7.51. The molecule has 0 aliphatic carbocycles. The second-order valence-electron chi connectivity index (χ2n) is 4.74. The number of thioether (sulfide) groups is 1. The second kappa shape index (κ2) is 6.61. The highest BCUT2D eigenvalue weighted by Crippen LogP contribution is 2.19. The molecule has 1 heterocycles. The molecule has 4 nitrogen and oxygen atoms in total. The van der Waals surface area contributed by atoms with E-state index in [9.17, 15) is 4.79 Å². The van der Waals surface area contributed by atoms with Gasteiger partial charge in [0.15, 0.2) is 0 Å². The Morgan fingerprint density at radius 3 is 2.85 bits per heavy atom. The van der Waals surface area contributed by atoms with Crippen LogP contribution >= 0.6 is 11.8 Å². The summed E-state index contributed by atoms with van der Waals surface area (Å²) in [4.78, 5) is 12.1. The zero-order chi connectivity index (χ0) is 14.5. The zero-order valence-corrected chi connectivity index (χ0v) is 12.7.